The molecule has 8 heteroatoms. The third kappa shape index (κ3) is 10.8. The van der Waals surface area contributed by atoms with E-state index >= 15 is 0 Å². The van der Waals surface area contributed by atoms with Gasteiger partial charge in [-0.3, -0.25) is 4.79 Å². The number of nitrogens with one attached hydrogen (secondary N) is 1. The first-order valence-electron chi connectivity index (χ1n) is 4.03. The predicted molar refractivity (Wildman–Crippen MR) is 55.5 cm³/mol. The summed E-state index contributed by atoms with van der Waals surface area (Å²) in [4.78, 5) is 10.5. The second-order valence-corrected chi connectivity index (χ2v) is 4.90. The normalized spacial score (nSPS) is 10.0. The van der Waals surface area contributed by atoms with Gasteiger partial charge in [0, 0.05) is 12.6 Å². The first-order valence-corrected chi connectivity index (χ1v) is 7.32. The quantitative estimate of drug-likeness (QED) is 0.340. The molecule has 0 unspecified atom stereocenters. The Morgan fingerprint density at radius 1 is 1.19 bits per heavy atom. The van der Waals surface area contributed by atoms with Crippen molar-refractivity contribution in [1.29, 1.82) is 0 Å². The van der Waals surface area contributed by atoms with Crippen molar-refractivity contribution >= 4 is 26.1 Å². The van der Waals surface area contributed by atoms with E-state index in [0.717, 1.165) is 0 Å². The molecule has 90 valence electrons. The van der Waals surface area contributed by atoms with Crippen molar-refractivity contribution in [2.24, 2.45) is 0 Å². The molecular weight excluding hydrogens is 281 g/mol. The summed E-state index contributed by atoms with van der Waals surface area (Å²) >= 11 is -5.12. The minimum absolute atomic E-state index is 0.115. The molecule has 0 heterocycles. The van der Waals surface area contributed by atoms with Crippen LogP contribution in [0, 0.1) is 0 Å². The molecule has 1 amide bonds. The molecule has 1 rings (SSSR count). The molecule has 0 aliphatic carbocycles. The van der Waals surface area contributed by atoms with Crippen LogP contribution in [0.4, 0.5) is 5.69 Å². The van der Waals surface area contributed by atoms with E-state index in [2.05, 4.69) is 5.32 Å². The van der Waals surface area contributed by atoms with Crippen molar-refractivity contribution in [3.63, 3.8) is 0 Å². The second kappa shape index (κ2) is 6.34. The number of anilines is 1. The van der Waals surface area contributed by atoms with Crippen molar-refractivity contribution < 1.29 is 25.9 Å². The van der Waals surface area contributed by atoms with Crippen molar-refractivity contribution in [2.75, 3.05) is 5.32 Å². The van der Waals surface area contributed by atoms with Gasteiger partial charge in [-0.05, 0) is 24.3 Å². The Bertz CT molecular complexity index is 376. The zero-order valence-electron chi connectivity index (χ0n) is 8.36. The minimum atomic E-state index is -5.12. The number of phenols is 1. The molecule has 5 N–H and O–H groups in total. The number of amides is 1. The van der Waals surface area contributed by atoms with Gasteiger partial charge < -0.3 is 10.4 Å². The first-order chi connectivity index (χ1) is 7.18. The van der Waals surface area contributed by atoms with Crippen LogP contribution < -0.4 is 5.32 Å². The number of aromatic hydroxyl groups is 1. The van der Waals surface area contributed by atoms with Crippen LogP contribution in [0.2, 0.25) is 0 Å². The molecule has 0 saturated carbocycles. The summed E-state index contributed by atoms with van der Waals surface area (Å²) in [5.41, 5.74) is 0.690. The van der Waals surface area contributed by atoms with Crippen molar-refractivity contribution in [3.8, 4) is 5.75 Å². The molecule has 0 saturated heterocycles. The van der Waals surface area contributed by atoms with Gasteiger partial charge in [-0.2, -0.15) is 0 Å². The van der Waals surface area contributed by atoms with E-state index in [1.54, 1.807) is 12.1 Å². The number of hydrogen-bond acceptors (Lipinski definition) is 3. The molecule has 7 nitrogen and oxygen atoms in total. The van der Waals surface area contributed by atoms with Crippen LogP contribution in [0.1, 0.15) is 6.92 Å². The van der Waals surface area contributed by atoms with E-state index in [9.17, 15) is 4.79 Å². The van der Waals surface area contributed by atoms with Gasteiger partial charge in [0.25, 0.3) is 0 Å². The van der Waals surface area contributed by atoms with Gasteiger partial charge in [-0.15, -0.1) is 0 Å². The van der Waals surface area contributed by atoms with Crippen LogP contribution in [0.15, 0.2) is 24.3 Å². The number of carbonyl (C=O) groups excluding carboxylic acids is 1. The molecule has 0 fully saturated rings. The zero-order valence-corrected chi connectivity index (χ0v) is 10.2. The van der Waals surface area contributed by atoms with Gasteiger partial charge in [0.15, 0.2) is 0 Å². The van der Waals surface area contributed by atoms with E-state index in [1.807, 2.05) is 0 Å². The van der Waals surface area contributed by atoms with Crippen LogP contribution in [0.5, 0.6) is 5.75 Å². The Kier molecular flexibility index (Phi) is 5.84. The average Bonchev–Trinajstić information content (AvgIpc) is 2.05. The molecule has 0 aromatic heterocycles. The number of rotatable bonds is 1. The van der Waals surface area contributed by atoms with Gasteiger partial charge >= 0.3 is 30.5 Å². The summed E-state index contributed by atoms with van der Waals surface area (Å²) in [7, 11) is 0. The molecule has 0 bridgehead atoms. The first kappa shape index (κ1) is 14.7. The maximum absolute atomic E-state index is 10.5. The number of carbonyl (C=O) groups is 1. The van der Waals surface area contributed by atoms with Gasteiger partial charge in [0.1, 0.15) is 5.75 Å². The molecular formula is C8H12AsNO6. The van der Waals surface area contributed by atoms with Crippen molar-refractivity contribution in [2.45, 2.75) is 6.92 Å². The van der Waals surface area contributed by atoms with Gasteiger partial charge in [-0.25, -0.2) is 0 Å². The fourth-order valence-electron chi connectivity index (χ4n) is 0.748. The van der Waals surface area contributed by atoms with E-state index in [-0.39, 0.29) is 11.7 Å². The molecule has 16 heavy (non-hydrogen) atoms. The van der Waals surface area contributed by atoms with Crippen LogP contribution >= 0.6 is 0 Å². The van der Waals surface area contributed by atoms with Crippen LogP contribution in [-0.2, 0) is 8.53 Å². The van der Waals surface area contributed by atoms with Crippen molar-refractivity contribution in [1.82, 2.24) is 0 Å². The van der Waals surface area contributed by atoms with Crippen LogP contribution in [-0.4, -0.2) is 37.8 Å². The average molecular weight is 293 g/mol. The fourth-order valence-corrected chi connectivity index (χ4v) is 0.748. The number of phenolic OH excluding ortho intramolecular Hbond substituents is 1. The van der Waals surface area contributed by atoms with E-state index in [4.69, 9.17) is 21.1 Å². The Hall–Kier alpha value is -1.27. The van der Waals surface area contributed by atoms with Crippen LogP contribution in [0.25, 0.3) is 0 Å². The third-order valence-electron chi connectivity index (χ3n) is 1.19. The van der Waals surface area contributed by atoms with E-state index in [0.29, 0.717) is 5.69 Å². The predicted octanol–water partition coefficient (Wildman–Crippen LogP) is -0.820. The third-order valence-corrected chi connectivity index (χ3v) is 1.19. The monoisotopic (exact) mass is 293 g/mol. The standard InChI is InChI=1S/C8H9NO2.AsH3O4/c1-6(10)9-7-2-4-8(11)5-3-7;2-1(3,4)5/h2-5,11H,1H3,(H,9,10);(H3,2,3,4,5). The summed E-state index contributed by atoms with van der Waals surface area (Å²) in [6.45, 7) is 1.44. The van der Waals surface area contributed by atoms with Gasteiger partial charge in [0.05, 0.1) is 0 Å². The van der Waals surface area contributed by atoms with Crippen molar-refractivity contribution in [3.05, 3.63) is 24.3 Å². The summed E-state index contributed by atoms with van der Waals surface area (Å²) in [6, 6.07) is 6.31. The number of hydrogen-bond donors (Lipinski definition) is 5. The Balaban J connectivity index is 0.000000385. The molecule has 0 atom stereocenters. The van der Waals surface area contributed by atoms with Crippen LogP contribution in [0.3, 0.4) is 0 Å². The molecule has 0 aliphatic heterocycles. The van der Waals surface area contributed by atoms with Gasteiger partial charge in [0.2, 0.25) is 5.91 Å². The summed E-state index contributed by atoms with van der Waals surface area (Å²) in [5, 5.41) is 11.5. The SMILES string of the molecule is CC(=O)Nc1ccc(O)cc1.O=[As](O)(O)O. The number of benzene rings is 1. The Labute approximate surface area is 94.7 Å². The summed E-state index contributed by atoms with van der Waals surface area (Å²) in [5.74, 6) is 0.0785. The topological polar surface area (TPSA) is 127 Å². The summed E-state index contributed by atoms with van der Waals surface area (Å²) < 4.78 is 30.7. The van der Waals surface area contributed by atoms with E-state index < -0.39 is 14.5 Å². The second-order valence-electron chi connectivity index (χ2n) is 2.74. The summed E-state index contributed by atoms with van der Waals surface area (Å²) in [6.07, 6.45) is 0. The molecule has 1 aromatic carbocycles. The molecule has 0 spiro atoms. The maximum atomic E-state index is 10.5. The van der Waals surface area contributed by atoms with E-state index in [1.165, 1.54) is 19.1 Å². The fraction of sp³-hybridized carbons (Fsp3) is 0.125. The molecule has 0 radical (unpaired) electrons. The zero-order chi connectivity index (χ0) is 12.8. The Morgan fingerprint density at radius 2 is 1.56 bits per heavy atom. The Morgan fingerprint density at radius 3 is 1.88 bits per heavy atom. The molecule has 1 aromatic rings. The molecule has 0 aliphatic rings. The van der Waals surface area contributed by atoms with Gasteiger partial charge in [-0.1, -0.05) is 0 Å².